The summed E-state index contributed by atoms with van der Waals surface area (Å²) in [4.78, 5) is 24.6. The van der Waals surface area contributed by atoms with E-state index in [2.05, 4.69) is 5.10 Å². The highest BCUT2D eigenvalue weighted by Crippen LogP contribution is 2.33. The lowest BCUT2D eigenvalue weighted by Gasteiger charge is -2.22. The minimum atomic E-state index is -4.60. The number of hydrogen-bond donors (Lipinski definition) is 0. The van der Waals surface area contributed by atoms with Gasteiger partial charge < -0.3 is 4.74 Å². The van der Waals surface area contributed by atoms with Crippen LogP contribution in [0, 0.1) is 6.92 Å². The Bertz CT molecular complexity index is 900. The fourth-order valence-corrected chi connectivity index (χ4v) is 3.22. The third kappa shape index (κ3) is 4.20. The summed E-state index contributed by atoms with van der Waals surface area (Å²) in [5, 5.41) is 3.91. The first-order valence-electron chi connectivity index (χ1n) is 8.76. The Kier molecular flexibility index (Phi) is 5.34. The molecule has 0 unspecified atom stereocenters. The number of halogens is 3. The molecule has 1 saturated carbocycles. The number of rotatable bonds is 3. The largest absolute Gasteiger partial charge is 0.458 e. The molecule has 0 spiro atoms. The van der Waals surface area contributed by atoms with E-state index in [-0.39, 0.29) is 17.5 Å². The second-order valence-electron chi connectivity index (χ2n) is 6.59. The van der Waals surface area contributed by atoms with Gasteiger partial charge in [-0.25, -0.2) is 9.48 Å². The van der Waals surface area contributed by atoms with E-state index >= 15 is 0 Å². The van der Waals surface area contributed by atoms with Gasteiger partial charge in [-0.3, -0.25) is 4.79 Å². The van der Waals surface area contributed by atoms with Gasteiger partial charge >= 0.3 is 12.1 Å². The first-order valence-corrected chi connectivity index (χ1v) is 8.76. The molecule has 0 bridgehead atoms. The van der Waals surface area contributed by atoms with Crippen LogP contribution in [0.2, 0.25) is 0 Å². The lowest BCUT2D eigenvalue weighted by Crippen LogP contribution is -2.28. The summed E-state index contributed by atoms with van der Waals surface area (Å²) in [6, 6.07) is 5.96. The van der Waals surface area contributed by atoms with Crippen LogP contribution in [0.25, 0.3) is 5.69 Å². The molecule has 144 valence electrons. The van der Waals surface area contributed by atoms with Crippen molar-refractivity contribution in [2.45, 2.75) is 51.3 Å². The number of ether oxygens (including phenoxy) is 1. The quantitative estimate of drug-likeness (QED) is 0.754. The molecule has 5 nitrogen and oxygen atoms in total. The van der Waals surface area contributed by atoms with Crippen molar-refractivity contribution in [1.29, 1.82) is 0 Å². The van der Waals surface area contributed by atoms with Crippen molar-refractivity contribution in [2.75, 3.05) is 0 Å². The number of aromatic nitrogens is 2. The van der Waals surface area contributed by atoms with Crippen LogP contribution < -0.4 is 5.43 Å². The molecule has 0 saturated heterocycles. The van der Waals surface area contributed by atoms with Crippen LogP contribution in [-0.2, 0) is 10.9 Å². The minimum Gasteiger partial charge on any atom is -0.458 e. The van der Waals surface area contributed by atoms with Gasteiger partial charge in [0.05, 0.1) is 11.3 Å². The van der Waals surface area contributed by atoms with E-state index in [1.165, 1.54) is 25.1 Å². The Morgan fingerprint density at radius 2 is 1.85 bits per heavy atom. The SMILES string of the molecule is Cc1cc(=O)c(C(=O)OC2CCCCC2)nn1-c1ccccc1C(F)(F)F. The van der Waals surface area contributed by atoms with Crippen molar-refractivity contribution in [3.05, 3.63) is 57.5 Å². The molecule has 1 fully saturated rings. The van der Waals surface area contributed by atoms with E-state index in [9.17, 15) is 22.8 Å². The van der Waals surface area contributed by atoms with E-state index in [0.29, 0.717) is 12.8 Å². The van der Waals surface area contributed by atoms with E-state index in [1.54, 1.807) is 0 Å². The third-order valence-corrected chi connectivity index (χ3v) is 4.56. The molecule has 1 aliphatic rings. The number of para-hydroxylation sites is 1. The number of alkyl halides is 3. The Morgan fingerprint density at radius 3 is 2.52 bits per heavy atom. The van der Waals surface area contributed by atoms with Crippen molar-refractivity contribution in [3.8, 4) is 5.69 Å². The Hall–Kier alpha value is -2.64. The summed E-state index contributed by atoms with van der Waals surface area (Å²) in [6.45, 7) is 1.46. The molecule has 3 rings (SSSR count). The minimum absolute atomic E-state index is 0.186. The van der Waals surface area contributed by atoms with E-state index < -0.39 is 28.8 Å². The molecule has 0 aliphatic heterocycles. The van der Waals surface area contributed by atoms with Gasteiger partial charge in [-0.05, 0) is 44.7 Å². The van der Waals surface area contributed by atoms with Crippen LogP contribution in [-0.4, -0.2) is 21.9 Å². The number of carbonyl (C=O) groups is 1. The molecular weight excluding hydrogens is 361 g/mol. The monoisotopic (exact) mass is 380 g/mol. The maximum Gasteiger partial charge on any atom is 0.418 e. The lowest BCUT2D eigenvalue weighted by molar-refractivity contribution is -0.137. The third-order valence-electron chi connectivity index (χ3n) is 4.56. The number of aryl methyl sites for hydroxylation is 1. The van der Waals surface area contributed by atoms with Crippen molar-refractivity contribution in [2.24, 2.45) is 0 Å². The Morgan fingerprint density at radius 1 is 1.19 bits per heavy atom. The van der Waals surface area contributed by atoms with Crippen LogP contribution in [0.4, 0.5) is 13.2 Å². The van der Waals surface area contributed by atoms with Gasteiger partial charge in [0.15, 0.2) is 0 Å². The zero-order valence-electron chi connectivity index (χ0n) is 14.8. The van der Waals surface area contributed by atoms with Gasteiger partial charge in [0, 0.05) is 11.8 Å². The van der Waals surface area contributed by atoms with Gasteiger partial charge in [-0.15, -0.1) is 0 Å². The van der Waals surface area contributed by atoms with E-state index in [4.69, 9.17) is 4.74 Å². The zero-order valence-corrected chi connectivity index (χ0v) is 14.8. The number of hydrogen-bond acceptors (Lipinski definition) is 4. The van der Waals surface area contributed by atoms with Gasteiger partial charge in [0.2, 0.25) is 11.1 Å². The smallest absolute Gasteiger partial charge is 0.418 e. The maximum absolute atomic E-state index is 13.3. The fraction of sp³-hybridized carbons (Fsp3) is 0.421. The molecule has 1 heterocycles. The summed E-state index contributed by atoms with van der Waals surface area (Å²) < 4.78 is 46.3. The van der Waals surface area contributed by atoms with Gasteiger partial charge in [-0.2, -0.15) is 18.3 Å². The topological polar surface area (TPSA) is 61.2 Å². The Labute approximate surface area is 153 Å². The van der Waals surface area contributed by atoms with Crippen molar-refractivity contribution >= 4 is 5.97 Å². The second-order valence-corrected chi connectivity index (χ2v) is 6.59. The maximum atomic E-state index is 13.3. The molecule has 0 N–H and O–H groups in total. The molecule has 0 atom stereocenters. The van der Waals surface area contributed by atoms with Crippen LogP contribution in [0.15, 0.2) is 35.1 Å². The first-order chi connectivity index (χ1) is 12.8. The number of nitrogens with zero attached hydrogens (tertiary/aromatic N) is 2. The molecule has 1 aromatic carbocycles. The van der Waals surface area contributed by atoms with Gasteiger partial charge in [0.25, 0.3) is 0 Å². The lowest BCUT2D eigenvalue weighted by atomic mass is 9.98. The average Bonchev–Trinajstić information content (AvgIpc) is 2.62. The number of carbonyl (C=O) groups excluding carboxylic acids is 1. The summed E-state index contributed by atoms with van der Waals surface area (Å²) >= 11 is 0. The molecule has 0 radical (unpaired) electrons. The van der Waals surface area contributed by atoms with E-state index in [1.807, 2.05) is 0 Å². The van der Waals surface area contributed by atoms with Crippen LogP contribution in [0.3, 0.4) is 0 Å². The summed E-state index contributed by atoms with van der Waals surface area (Å²) in [6.07, 6.45) is -0.533. The Balaban J connectivity index is 2.00. The van der Waals surface area contributed by atoms with E-state index in [0.717, 1.165) is 36.1 Å². The molecule has 27 heavy (non-hydrogen) atoms. The molecule has 8 heteroatoms. The van der Waals surface area contributed by atoms with Crippen LogP contribution in [0.5, 0.6) is 0 Å². The predicted octanol–water partition coefficient (Wildman–Crippen LogP) is 4.05. The average molecular weight is 380 g/mol. The normalized spacial score (nSPS) is 15.6. The summed E-state index contributed by atoms with van der Waals surface area (Å²) in [5.41, 5.74) is -2.16. The number of esters is 1. The highest BCUT2D eigenvalue weighted by Gasteiger charge is 2.34. The highest BCUT2D eigenvalue weighted by molar-refractivity contribution is 5.87. The molecular formula is C19H19F3N2O3. The molecule has 1 aromatic heterocycles. The predicted molar refractivity (Wildman–Crippen MR) is 91.9 cm³/mol. The summed E-state index contributed by atoms with van der Waals surface area (Å²) in [5.74, 6) is -0.898. The van der Waals surface area contributed by atoms with Crippen molar-refractivity contribution in [1.82, 2.24) is 9.78 Å². The van der Waals surface area contributed by atoms with Crippen LogP contribution in [0.1, 0.15) is 53.8 Å². The number of benzene rings is 1. The van der Waals surface area contributed by atoms with Crippen LogP contribution >= 0.6 is 0 Å². The second kappa shape index (κ2) is 7.54. The zero-order chi connectivity index (χ0) is 19.6. The molecule has 1 aliphatic carbocycles. The summed E-state index contributed by atoms with van der Waals surface area (Å²) in [7, 11) is 0. The highest BCUT2D eigenvalue weighted by atomic mass is 19.4. The van der Waals surface area contributed by atoms with Crippen molar-refractivity contribution in [3.63, 3.8) is 0 Å². The molecule has 2 aromatic rings. The first kappa shape index (κ1) is 19.1. The van der Waals surface area contributed by atoms with Crippen molar-refractivity contribution < 1.29 is 22.7 Å². The van der Waals surface area contributed by atoms with Gasteiger partial charge in [-0.1, -0.05) is 18.6 Å². The molecule has 0 amide bonds. The standard InChI is InChI=1S/C19H19F3N2O3/c1-12-11-16(25)17(18(26)27-13-7-3-2-4-8-13)23-24(12)15-10-6-5-9-14(15)19(20,21)22/h5-6,9-11,13H,2-4,7-8H2,1H3. The fourth-order valence-electron chi connectivity index (χ4n) is 3.22. The van der Waals surface area contributed by atoms with Gasteiger partial charge in [0.1, 0.15) is 6.10 Å².